The monoisotopic (exact) mass is 364 g/mol. The largest absolute Gasteiger partial charge is 0.480 e. The van der Waals surface area contributed by atoms with E-state index in [1.165, 1.54) is 5.01 Å². The molecule has 0 radical (unpaired) electrons. The van der Waals surface area contributed by atoms with Crippen molar-refractivity contribution in [3.63, 3.8) is 0 Å². The third-order valence-electron chi connectivity index (χ3n) is 4.11. The van der Waals surface area contributed by atoms with Crippen LogP contribution >= 0.6 is 11.8 Å². The Labute approximate surface area is 152 Å². The van der Waals surface area contributed by atoms with Crippen LogP contribution in [0, 0.1) is 5.92 Å². The van der Waals surface area contributed by atoms with Gasteiger partial charge in [0.05, 0.1) is 0 Å². The van der Waals surface area contributed by atoms with Crippen LogP contribution in [-0.2, 0) is 9.59 Å². The highest BCUT2D eigenvalue weighted by atomic mass is 32.2. The molecule has 7 heteroatoms. The van der Waals surface area contributed by atoms with E-state index in [2.05, 4.69) is 0 Å². The van der Waals surface area contributed by atoms with Gasteiger partial charge in [-0.25, -0.2) is 5.01 Å². The Kier molecular flexibility index (Phi) is 7.46. The molecule has 0 spiro atoms. The quantitative estimate of drug-likeness (QED) is 0.801. The molecule has 6 nitrogen and oxygen atoms in total. The number of amides is 1. The standard InChI is InChI=1S/C18H24N2O4S/c1-14(13-25-18(24)15-8-4-2-5-9-15)17(23)20(12-16(21)22)19-10-6-3-7-11-19/h2,4-5,8-9,14H,3,6-7,10-13H2,1H3,(H,21,22). The number of aliphatic carboxylic acids is 1. The molecule has 1 saturated heterocycles. The number of carbonyl (C=O) groups is 3. The molecule has 0 aromatic heterocycles. The van der Waals surface area contributed by atoms with Gasteiger partial charge < -0.3 is 5.11 Å². The molecule has 1 aromatic rings. The maximum absolute atomic E-state index is 12.7. The van der Waals surface area contributed by atoms with Crippen LogP contribution in [0.2, 0.25) is 0 Å². The van der Waals surface area contributed by atoms with Crippen LogP contribution in [0.5, 0.6) is 0 Å². The molecule has 1 atom stereocenters. The number of carbonyl (C=O) groups excluding carboxylic acids is 2. The lowest BCUT2D eigenvalue weighted by molar-refractivity contribution is -0.163. The summed E-state index contributed by atoms with van der Waals surface area (Å²) in [5.41, 5.74) is 0.602. The second-order valence-electron chi connectivity index (χ2n) is 6.17. The second-order valence-corrected chi connectivity index (χ2v) is 7.16. The minimum Gasteiger partial charge on any atom is -0.480 e. The molecule has 0 aliphatic carbocycles. The highest BCUT2D eigenvalue weighted by Gasteiger charge is 2.29. The molecule has 1 unspecified atom stereocenters. The number of rotatable bonds is 7. The molecular weight excluding hydrogens is 340 g/mol. The minimum atomic E-state index is -1.03. The molecular formula is C18H24N2O4S. The molecule has 1 fully saturated rings. The summed E-state index contributed by atoms with van der Waals surface area (Å²) in [4.78, 5) is 36.0. The van der Waals surface area contributed by atoms with Gasteiger partial charge in [-0.3, -0.25) is 19.4 Å². The molecule has 1 aromatic carbocycles. The van der Waals surface area contributed by atoms with Gasteiger partial charge in [-0.15, -0.1) is 0 Å². The van der Waals surface area contributed by atoms with Gasteiger partial charge in [0.1, 0.15) is 6.54 Å². The van der Waals surface area contributed by atoms with Crippen molar-refractivity contribution in [1.82, 2.24) is 10.0 Å². The Bertz CT molecular complexity index is 602. The van der Waals surface area contributed by atoms with Crippen LogP contribution in [0.15, 0.2) is 30.3 Å². The Morgan fingerprint density at radius 3 is 2.40 bits per heavy atom. The first kappa shape index (κ1) is 19.5. The van der Waals surface area contributed by atoms with Crippen molar-refractivity contribution in [3.8, 4) is 0 Å². The molecule has 136 valence electrons. The molecule has 1 N–H and O–H groups in total. The van der Waals surface area contributed by atoms with Crippen LogP contribution in [0.3, 0.4) is 0 Å². The molecule has 0 bridgehead atoms. The van der Waals surface area contributed by atoms with E-state index in [1.807, 2.05) is 11.1 Å². The van der Waals surface area contributed by atoms with Crippen molar-refractivity contribution in [2.24, 2.45) is 5.92 Å². The predicted octanol–water partition coefficient (Wildman–Crippen LogP) is 2.51. The molecule has 1 heterocycles. The van der Waals surface area contributed by atoms with Crippen molar-refractivity contribution >= 4 is 28.8 Å². The number of carboxylic acids is 1. The fourth-order valence-corrected chi connectivity index (χ4v) is 3.59. The van der Waals surface area contributed by atoms with Gasteiger partial charge in [0, 0.05) is 30.3 Å². The van der Waals surface area contributed by atoms with Crippen molar-refractivity contribution < 1.29 is 19.5 Å². The summed E-state index contributed by atoms with van der Waals surface area (Å²) < 4.78 is 0. The number of piperidine rings is 1. The van der Waals surface area contributed by atoms with E-state index in [-0.39, 0.29) is 17.6 Å². The van der Waals surface area contributed by atoms with Gasteiger partial charge >= 0.3 is 5.97 Å². The Morgan fingerprint density at radius 2 is 1.80 bits per heavy atom. The summed E-state index contributed by atoms with van der Waals surface area (Å²) in [7, 11) is 0. The number of hydrogen-bond acceptors (Lipinski definition) is 5. The first-order valence-corrected chi connectivity index (χ1v) is 9.48. The summed E-state index contributed by atoms with van der Waals surface area (Å²) in [6.07, 6.45) is 3.01. The van der Waals surface area contributed by atoms with Gasteiger partial charge in [-0.2, -0.15) is 0 Å². The van der Waals surface area contributed by atoms with E-state index in [4.69, 9.17) is 5.11 Å². The second kappa shape index (κ2) is 9.58. The zero-order valence-electron chi connectivity index (χ0n) is 14.4. The van der Waals surface area contributed by atoms with E-state index in [0.29, 0.717) is 24.4 Å². The maximum atomic E-state index is 12.7. The summed E-state index contributed by atoms with van der Waals surface area (Å²) in [5.74, 6) is -1.37. The number of thioether (sulfide) groups is 1. The van der Waals surface area contributed by atoms with Crippen LogP contribution < -0.4 is 0 Å². The fourth-order valence-electron chi connectivity index (χ4n) is 2.75. The predicted molar refractivity (Wildman–Crippen MR) is 97.2 cm³/mol. The number of carboxylic acid groups (broad SMARTS) is 1. The molecule has 1 aliphatic heterocycles. The Balaban J connectivity index is 1.94. The zero-order valence-corrected chi connectivity index (χ0v) is 15.2. The lowest BCUT2D eigenvalue weighted by Crippen LogP contribution is -2.52. The Morgan fingerprint density at radius 1 is 1.16 bits per heavy atom. The summed E-state index contributed by atoms with van der Waals surface area (Å²) in [6.45, 7) is 2.80. The third kappa shape index (κ3) is 5.86. The summed E-state index contributed by atoms with van der Waals surface area (Å²) in [5, 5.41) is 12.2. The first-order valence-electron chi connectivity index (χ1n) is 8.49. The zero-order chi connectivity index (χ0) is 18.2. The van der Waals surface area contributed by atoms with Crippen LogP contribution in [-0.4, -0.2) is 57.5 Å². The maximum Gasteiger partial charge on any atom is 0.324 e. The first-order chi connectivity index (χ1) is 12.0. The lowest BCUT2D eigenvalue weighted by atomic mass is 10.1. The number of hydrogen-bond donors (Lipinski definition) is 1. The summed E-state index contributed by atoms with van der Waals surface area (Å²) >= 11 is 1.10. The van der Waals surface area contributed by atoms with Crippen molar-refractivity contribution in [2.45, 2.75) is 26.2 Å². The van der Waals surface area contributed by atoms with E-state index < -0.39 is 11.9 Å². The van der Waals surface area contributed by atoms with Gasteiger partial charge in [0.25, 0.3) is 0 Å². The van der Waals surface area contributed by atoms with Crippen LogP contribution in [0.4, 0.5) is 0 Å². The number of nitrogens with zero attached hydrogens (tertiary/aromatic N) is 2. The average Bonchev–Trinajstić information content (AvgIpc) is 2.64. The summed E-state index contributed by atoms with van der Waals surface area (Å²) in [6, 6.07) is 8.93. The van der Waals surface area contributed by atoms with Gasteiger partial charge in [-0.05, 0) is 12.8 Å². The molecule has 1 aliphatic rings. The highest BCUT2D eigenvalue weighted by Crippen LogP contribution is 2.19. The average molecular weight is 364 g/mol. The number of hydrazine groups is 1. The smallest absolute Gasteiger partial charge is 0.324 e. The third-order valence-corrected chi connectivity index (χ3v) is 5.27. The highest BCUT2D eigenvalue weighted by molar-refractivity contribution is 8.14. The van der Waals surface area contributed by atoms with Crippen LogP contribution in [0.25, 0.3) is 0 Å². The lowest BCUT2D eigenvalue weighted by Gasteiger charge is -2.37. The van der Waals surface area contributed by atoms with E-state index in [1.54, 1.807) is 31.2 Å². The fraction of sp³-hybridized carbons (Fsp3) is 0.500. The molecule has 0 saturated carbocycles. The normalized spacial score (nSPS) is 16.2. The molecule has 1 amide bonds. The minimum absolute atomic E-state index is 0.0805. The van der Waals surface area contributed by atoms with Crippen LogP contribution in [0.1, 0.15) is 36.5 Å². The van der Waals surface area contributed by atoms with Crippen molar-refractivity contribution in [2.75, 3.05) is 25.4 Å². The van der Waals surface area contributed by atoms with Crippen molar-refractivity contribution in [3.05, 3.63) is 35.9 Å². The van der Waals surface area contributed by atoms with E-state index >= 15 is 0 Å². The van der Waals surface area contributed by atoms with E-state index in [9.17, 15) is 14.4 Å². The van der Waals surface area contributed by atoms with Crippen molar-refractivity contribution in [1.29, 1.82) is 0 Å². The van der Waals surface area contributed by atoms with Gasteiger partial charge in [0.2, 0.25) is 11.0 Å². The SMILES string of the molecule is CC(CSC(=O)c1ccccc1)C(=O)N(CC(=O)O)N1CCCCC1. The number of benzene rings is 1. The topological polar surface area (TPSA) is 77.9 Å². The van der Waals surface area contributed by atoms with Gasteiger partial charge in [-0.1, -0.05) is 55.4 Å². The molecule has 25 heavy (non-hydrogen) atoms. The van der Waals surface area contributed by atoms with E-state index in [0.717, 1.165) is 31.0 Å². The molecule has 2 rings (SSSR count). The Hall–Kier alpha value is -1.86. The van der Waals surface area contributed by atoms with Gasteiger partial charge in [0.15, 0.2) is 0 Å².